The highest BCUT2D eigenvalue weighted by Crippen LogP contribution is 2.26. The number of rotatable bonds is 4. The van der Waals surface area contributed by atoms with Gasteiger partial charge in [-0.05, 0) is 25.0 Å². The van der Waals surface area contributed by atoms with Crippen molar-refractivity contribution in [1.29, 1.82) is 0 Å². The van der Waals surface area contributed by atoms with Crippen LogP contribution in [0.15, 0.2) is 28.8 Å². The number of carbonyl (C=O) groups excluding carboxylic acids is 1. The zero-order chi connectivity index (χ0) is 17.9. The molecule has 1 aliphatic carbocycles. The third-order valence-electron chi connectivity index (χ3n) is 5.05. The molecule has 2 heterocycles. The number of ether oxygens (including phenoxy) is 1. The van der Waals surface area contributed by atoms with Crippen LogP contribution in [0.3, 0.4) is 0 Å². The summed E-state index contributed by atoms with van der Waals surface area (Å²) in [5.74, 6) is 0.0341. The van der Waals surface area contributed by atoms with Crippen molar-refractivity contribution in [2.75, 3.05) is 26.3 Å². The van der Waals surface area contributed by atoms with Gasteiger partial charge in [-0.15, -0.1) is 0 Å². The molecule has 1 saturated heterocycles. The van der Waals surface area contributed by atoms with Crippen LogP contribution in [-0.4, -0.2) is 48.3 Å². The van der Waals surface area contributed by atoms with Crippen molar-refractivity contribution in [3.8, 4) is 0 Å². The van der Waals surface area contributed by atoms with Crippen molar-refractivity contribution in [1.82, 2.24) is 15.4 Å². The average Bonchev–Trinajstić information content (AvgIpc) is 3.05. The average molecular weight is 359 g/mol. The third-order valence-corrected chi connectivity index (χ3v) is 5.05. The zero-order valence-electron chi connectivity index (χ0n) is 14.5. The molecule has 2 aromatic rings. The van der Waals surface area contributed by atoms with Gasteiger partial charge in [0.2, 0.25) is 0 Å². The molecule has 7 heteroatoms. The number of aryl methyl sites for hydroxylation is 1. The van der Waals surface area contributed by atoms with Gasteiger partial charge in [0.25, 0.3) is 5.91 Å². The van der Waals surface area contributed by atoms with Crippen LogP contribution in [0.2, 0.25) is 0 Å². The summed E-state index contributed by atoms with van der Waals surface area (Å²) >= 11 is 0. The Balaban J connectivity index is 1.43. The summed E-state index contributed by atoms with van der Waals surface area (Å²) in [5, 5.41) is 7.20. The molecule has 26 heavy (non-hydrogen) atoms. The van der Waals surface area contributed by atoms with Crippen LogP contribution < -0.4 is 5.32 Å². The molecule has 2 aliphatic rings. The lowest BCUT2D eigenvalue weighted by Gasteiger charge is -2.27. The van der Waals surface area contributed by atoms with Crippen molar-refractivity contribution in [3.63, 3.8) is 0 Å². The molecule has 4 rings (SSSR count). The highest BCUT2D eigenvalue weighted by Gasteiger charge is 2.28. The first-order chi connectivity index (χ1) is 12.7. The molecule has 0 bridgehead atoms. The van der Waals surface area contributed by atoms with Gasteiger partial charge in [0.05, 0.1) is 18.8 Å². The highest BCUT2D eigenvalue weighted by molar-refractivity contribution is 5.94. The van der Waals surface area contributed by atoms with E-state index in [1.165, 1.54) is 12.1 Å². The number of aromatic nitrogens is 1. The van der Waals surface area contributed by atoms with E-state index in [9.17, 15) is 9.18 Å². The normalized spacial score (nSPS) is 20.6. The van der Waals surface area contributed by atoms with Crippen molar-refractivity contribution < 1.29 is 18.4 Å². The number of hydrogen-bond acceptors (Lipinski definition) is 5. The van der Waals surface area contributed by atoms with Gasteiger partial charge < -0.3 is 14.6 Å². The second-order valence-electron chi connectivity index (χ2n) is 6.81. The number of halogens is 1. The quantitative estimate of drug-likeness (QED) is 0.904. The maximum absolute atomic E-state index is 13.8. The summed E-state index contributed by atoms with van der Waals surface area (Å²) in [5.41, 5.74) is 2.10. The minimum atomic E-state index is -0.500. The first-order valence-corrected chi connectivity index (χ1v) is 9.02. The van der Waals surface area contributed by atoms with E-state index < -0.39 is 5.82 Å². The van der Waals surface area contributed by atoms with Crippen LogP contribution in [0.25, 0.3) is 0 Å². The lowest BCUT2D eigenvalue weighted by atomic mass is 9.91. The van der Waals surface area contributed by atoms with E-state index >= 15 is 0 Å². The lowest BCUT2D eigenvalue weighted by Crippen LogP contribution is -2.39. The molecule has 0 radical (unpaired) electrons. The number of hydrogen-bond donors (Lipinski definition) is 1. The molecule has 1 amide bonds. The molecule has 0 saturated carbocycles. The van der Waals surface area contributed by atoms with E-state index in [1.54, 1.807) is 12.1 Å². The number of nitrogens with zero attached hydrogens (tertiary/aromatic N) is 2. The predicted octanol–water partition coefficient (Wildman–Crippen LogP) is 1.93. The molecule has 138 valence electrons. The topological polar surface area (TPSA) is 67.6 Å². The van der Waals surface area contributed by atoms with Crippen molar-refractivity contribution in [2.45, 2.75) is 31.8 Å². The van der Waals surface area contributed by atoms with Crippen LogP contribution in [0.5, 0.6) is 0 Å². The summed E-state index contributed by atoms with van der Waals surface area (Å²) in [7, 11) is 0. The first kappa shape index (κ1) is 17.2. The van der Waals surface area contributed by atoms with Gasteiger partial charge >= 0.3 is 0 Å². The van der Waals surface area contributed by atoms with Crippen molar-refractivity contribution >= 4 is 5.91 Å². The SMILES string of the molecule is O=C(NC1CCc2onc(CN3CCOCC3)c2C1)c1ccccc1F. The predicted molar refractivity (Wildman–Crippen MR) is 92.3 cm³/mol. The standard InChI is InChI=1S/C19H22FN3O3/c20-16-4-2-1-3-14(16)19(24)21-13-5-6-18-15(11-13)17(22-26-18)12-23-7-9-25-10-8-23/h1-4,13H,5-12H2,(H,21,24). The molecule has 1 aromatic carbocycles. The fourth-order valence-corrected chi connectivity index (χ4v) is 3.59. The van der Waals surface area contributed by atoms with Gasteiger partial charge in [0.1, 0.15) is 17.3 Å². The van der Waals surface area contributed by atoms with Gasteiger partial charge in [-0.25, -0.2) is 4.39 Å². The van der Waals surface area contributed by atoms with Gasteiger partial charge in [-0.3, -0.25) is 9.69 Å². The monoisotopic (exact) mass is 359 g/mol. The fourth-order valence-electron chi connectivity index (χ4n) is 3.59. The smallest absolute Gasteiger partial charge is 0.254 e. The number of amides is 1. The van der Waals surface area contributed by atoms with E-state index in [1.807, 2.05) is 0 Å². The van der Waals surface area contributed by atoms with Gasteiger partial charge in [0, 0.05) is 37.7 Å². The molecule has 1 aromatic heterocycles. The van der Waals surface area contributed by atoms with Crippen LogP contribution in [0.4, 0.5) is 4.39 Å². The van der Waals surface area contributed by atoms with E-state index in [0.717, 1.165) is 62.7 Å². The van der Waals surface area contributed by atoms with E-state index in [0.29, 0.717) is 6.42 Å². The molecule has 1 N–H and O–H groups in total. The summed E-state index contributed by atoms with van der Waals surface area (Å²) in [4.78, 5) is 14.7. The number of fused-ring (bicyclic) bond motifs is 1. The first-order valence-electron chi connectivity index (χ1n) is 9.02. The maximum atomic E-state index is 13.8. The maximum Gasteiger partial charge on any atom is 0.254 e. The van der Waals surface area contributed by atoms with Crippen LogP contribution >= 0.6 is 0 Å². The van der Waals surface area contributed by atoms with E-state index in [2.05, 4.69) is 15.4 Å². The minimum absolute atomic E-state index is 0.0440. The van der Waals surface area contributed by atoms with Crippen LogP contribution in [0.1, 0.15) is 33.8 Å². The second-order valence-corrected chi connectivity index (χ2v) is 6.81. The third kappa shape index (κ3) is 3.64. The Morgan fingerprint density at radius 3 is 2.92 bits per heavy atom. The Bertz CT molecular complexity index is 786. The summed E-state index contributed by atoms with van der Waals surface area (Å²) in [6.07, 6.45) is 2.16. The lowest BCUT2D eigenvalue weighted by molar-refractivity contribution is 0.0331. The summed E-state index contributed by atoms with van der Waals surface area (Å²) in [6.45, 7) is 3.98. The zero-order valence-corrected chi connectivity index (χ0v) is 14.5. The molecule has 1 unspecified atom stereocenters. The van der Waals surface area contributed by atoms with Crippen molar-refractivity contribution in [2.24, 2.45) is 0 Å². The van der Waals surface area contributed by atoms with Gasteiger partial charge in [-0.1, -0.05) is 17.3 Å². The van der Waals surface area contributed by atoms with Crippen molar-refractivity contribution in [3.05, 3.63) is 52.7 Å². The Morgan fingerprint density at radius 2 is 2.12 bits per heavy atom. The summed E-state index contributed by atoms with van der Waals surface area (Å²) < 4.78 is 24.7. The van der Waals surface area contributed by atoms with Gasteiger partial charge in [-0.2, -0.15) is 0 Å². The number of nitrogens with one attached hydrogen (secondary N) is 1. The van der Waals surface area contributed by atoms with Crippen LogP contribution in [-0.2, 0) is 24.1 Å². The Hall–Kier alpha value is -2.25. The fraction of sp³-hybridized carbons (Fsp3) is 0.474. The number of carbonyl (C=O) groups is 1. The highest BCUT2D eigenvalue weighted by atomic mass is 19.1. The molecular formula is C19H22FN3O3. The van der Waals surface area contributed by atoms with Crippen LogP contribution in [0, 0.1) is 5.82 Å². The number of benzene rings is 1. The van der Waals surface area contributed by atoms with E-state index in [4.69, 9.17) is 9.26 Å². The molecule has 1 aliphatic heterocycles. The summed E-state index contributed by atoms with van der Waals surface area (Å²) in [6, 6.07) is 6.00. The Kier molecular flexibility index (Phi) is 4.99. The molecular weight excluding hydrogens is 337 g/mol. The molecule has 6 nitrogen and oxygen atoms in total. The molecule has 1 atom stereocenters. The largest absolute Gasteiger partial charge is 0.379 e. The molecule has 0 spiro atoms. The molecule has 1 fully saturated rings. The number of morpholine rings is 1. The Morgan fingerprint density at radius 1 is 1.31 bits per heavy atom. The van der Waals surface area contributed by atoms with Gasteiger partial charge in [0.15, 0.2) is 0 Å². The minimum Gasteiger partial charge on any atom is -0.379 e. The second kappa shape index (κ2) is 7.55. The van der Waals surface area contributed by atoms with E-state index in [-0.39, 0.29) is 17.5 Å². The Labute approximate surface area is 151 Å².